The fourth-order valence-electron chi connectivity index (χ4n) is 5.39. The van der Waals surface area contributed by atoms with E-state index in [-0.39, 0.29) is 0 Å². The Morgan fingerprint density at radius 1 is 1.00 bits per heavy atom. The zero-order valence-corrected chi connectivity index (χ0v) is 14.0. The second-order valence-electron chi connectivity index (χ2n) is 8.31. The molecule has 1 spiro atoms. The van der Waals surface area contributed by atoms with E-state index in [1.807, 2.05) is 0 Å². The summed E-state index contributed by atoms with van der Waals surface area (Å²) in [6, 6.07) is 0. The van der Waals surface area contributed by atoms with Gasteiger partial charge in [0.2, 0.25) is 0 Å². The van der Waals surface area contributed by atoms with Gasteiger partial charge in [-0.3, -0.25) is 0 Å². The van der Waals surface area contributed by atoms with E-state index >= 15 is 0 Å². The molecule has 0 amide bonds. The molecule has 0 bridgehead atoms. The van der Waals surface area contributed by atoms with Gasteiger partial charge in [0.05, 0.1) is 11.7 Å². The average Bonchev–Trinajstić information content (AvgIpc) is 3.12. The normalized spacial score (nSPS) is 39.1. The molecule has 1 heterocycles. The summed E-state index contributed by atoms with van der Waals surface area (Å²) in [4.78, 5) is 0. The van der Waals surface area contributed by atoms with Crippen LogP contribution in [0.5, 0.6) is 0 Å². The lowest BCUT2D eigenvalue weighted by atomic mass is 9.67. The first-order chi connectivity index (χ1) is 10.2. The molecule has 1 unspecified atom stereocenters. The summed E-state index contributed by atoms with van der Waals surface area (Å²) in [7, 11) is 0. The zero-order chi connectivity index (χ0) is 14.8. The number of ether oxygens (including phenoxy) is 1. The molecule has 122 valence electrons. The Balaban J connectivity index is 1.53. The highest BCUT2D eigenvalue weighted by Gasteiger charge is 2.45. The lowest BCUT2D eigenvalue weighted by Crippen LogP contribution is -2.38. The van der Waals surface area contributed by atoms with Gasteiger partial charge in [0.15, 0.2) is 0 Å². The van der Waals surface area contributed by atoms with Crippen LogP contribution in [0.1, 0.15) is 90.4 Å². The standard InChI is InChI=1S/C19H35NO/c1-2-5-16-6-11-18(15-20,12-7-16)14-17-8-13-19(21-17)9-3-4-10-19/h16-17H,2-15,20H2,1H3. The summed E-state index contributed by atoms with van der Waals surface area (Å²) < 4.78 is 6.56. The smallest absolute Gasteiger partial charge is 0.0687 e. The average molecular weight is 293 g/mol. The van der Waals surface area contributed by atoms with E-state index in [0.717, 1.165) is 12.5 Å². The molecule has 0 radical (unpaired) electrons. The second kappa shape index (κ2) is 6.58. The predicted molar refractivity (Wildman–Crippen MR) is 88.3 cm³/mol. The van der Waals surface area contributed by atoms with Gasteiger partial charge >= 0.3 is 0 Å². The van der Waals surface area contributed by atoms with Gasteiger partial charge in [0, 0.05) is 0 Å². The van der Waals surface area contributed by atoms with Crippen LogP contribution in [-0.4, -0.2) is 18.2 Å². The monoisotopic (exact) mass is 293 g/mol. The lowest BCUT2D eigenvalue weighted by molar-refractivity contribution is -0.0583. The summed E-state index contributed by atoms with van der Waals surface area (Å²) in [5.41, 5.74) is 6.92. The van der Waals surface area contributed by atoms with Gasteiger partial charge in [-0.1, -0.05) is 32.6 Å². The number of rotatable bonds is 5. The summed E-state index contributed by atoms with van der Waals surface area (Å²) in [5, 5.41) is 0. The highest BCUT2D eigenvalue weighted by Crippen LogP contribution is 2.49. The topological polar surface area (TPSA) is 35.2 Å². The maximum absolute atomic E-state index is 6.56. The van der Waals surface area contributed by atoms with Crippen molar-refractivity contribution in [3.05, 3.63) is 0 Å². The van der Waals surface area contributed by atoms with Crippen molar-refractivity contribution in [2.45, 2.75) is 102 Å². The number of hydrogen-bond donors (Lipinski definition) is 1. The van der Waals surface area contributed by atoms with Gasteiger partial charge in [-0.05, 0) is 75.7 Å². The molecule has 2 nitrogen and oxygen atoms in total. The van der Waals surface area contributed by atoms with E-state index in [0.29, 0.717) is 17.1 Å². The van der Waals surface area contributed by atoms with Crippen LogP contribution < -0.4 is 5.73 Å². The zero-order valence-electron chi connectivity index (χ0n) is 14.0. The molecule has 0 aromatic rings. The van der Waals surface area contributed by atoms with Gasteiger partial charge in [0.1, 0.15) is 0 Å². The van der Waals surface area contributed by atoms with Crippen molar-refractivity contribution in [2.75, 3.05) is 6.54 Å². The quantitative estimate of drug-likeness (QED) is 0.790. The van der Waals surface area contributed by atoms with Crippen LogP contribution >= 0.6 is 0 Å². The largest absolute Gasteiger partial charge is 0.372 e. The minimum Gasteiger partial charge on any atom is -0.372 e. The molecule has 0 aromatic carbocycles. The Morgan fingerprint density at radius 3 is 2.33 bits per heavy atom. The van der Waals surface area contributed by atoms with Crippen LogP contribution in [0, 0.1) is 11.3 Å². The maximum atomic E-state index is 6.56. The van der Waals surface area contributed by atoms with E-state index in [1.54, 1.807) is 0 Å². The van der Waals surface area contributed by atoms with Crippen molar-refractivity contribution >= 4 is 0 Å². The molecule has 0 aromatic heterocycles. The molecule has 3 aliphatic rings. The lowest BCUT2D eigenvalue weighted by Gasteiger charge is -2.41. The van der Waals surface area contributed by atoms with Crippen LogP contribution in [0.15, 0.2) is 0 Å². The van der Waals surface area contributed by atoms with E-state index < -0.39 is 0 Å². The highest BCUT2D eigenvalue weighted by molar-refractivity contribution is 4.96. The fraction of sp³-hybridized carbons (Fsp3) is 1.00. The first-order valence-corrected chi connectivity index (χ1v) is 9.57. The van der Waals surface area contributed by atoms with Crippen LogP contribution in [0.4, 0.5) is 0 Å². The van der Waals surface area contributed by atoms with Gasteiger partial charge in [-0.15, -0.1) is 0 Å². The van der Waals surface area contributed by atoms with E-state index in [1.165, 1.54) is 83.5 Å². The third-order valence-electron chi connectivity index (χ3n) is 6.81. The van der Waals surface area contributed by atoms with Gasteiger partial charge in [-0.25, -0.2) is 0 Å². The molecule has 3 rings (SSSR count). The third kappa shape index (κ3) is 3.47. The molecular formula is C19H35NO. The fourth-order valence-corrected chi connectivity index (χ4v) is 5.39. The predicted octanol–water partition coefficient (Wildman–Crippen LogP) is 4.80. The number of hydrogen-bond acceptors (Lipinski definition) is 2. The molecule has 2 saturated carbocycles. The van der Waals surface area contributed by atoms with E-state index in [2.05, 4.69) is 6.92 Å². The molecule has 21 heavy (non-hydrogen) atoms. The van der Waals surface area contributed by atoms with Crippen molar-refractivity contribution in [1.29, 1.82) is 0 Å². The van der Waals surface area contributed by atoms with Crippen molar-refractivity contribution < 1.29 is 4.74 Å². The summed E-state index contributed by atoms with van der Waals surface area (Å²) in [6.07, 6.45) is 18.0. The maximum Gasteiger partial charge on any atom is 0.0687 e. The van der Waals surface area contributed by atoms with Gasteiger partial charge < -0.3 is 10.5 Å². The Labute approximate surface area is 131 Å². The Kier molecular flexibility index (Phi) is 4.95. The summed E-state index contributed by atoms with van der Waals surface area (Å²) >= 11 is 0. The van der Waals surface area contributed by atoms with Crippen LogP contribution in [0.25, 0.3) is 0 Å². The third-order valence-corrected chi connectivity index (χ3v) is 6.81. The SMILES string of the molecule is CCCC1CCC(CN)(CC2CCC3(CCCC3)O2)CC1. The van der Waals surface area contributed by atoms with Crippen LogP contribution in [0.2, 0.25) is 0 Å². The first kappa shape index (κ1) is 15.8. The summed E-state index contributed by atoms with van der Waals surface area (Å²) in [5.74, 6) is 0.973. The van der Waals surface area contributed by atoms with Crippen molar-refractivity contribution in [3.63, 3.8) is 0 Å². The second-order valence-corrected chi connectivity index (χ2v) is 8.31. The molecule has 1 saturated heterocycles. The minimum atomic E-state index is 0.292. The van der Waals surface area contributed by atoms with Crippen molar-refractivity contribution in [1.82, 2.24) is 0 Å². The van der Waals surface area contributed by atoms with Crippen molar-refractivity contribution in [2.24, 2.45) is 17.1 Å². The molecule has 1 atom stereocenters. The molecule has 2 aliphatic carbocycles. The summed E-state index contributed by atoms with van der Waals surface area (Å²) in [6.45, 7) is 3.19. The minimum absolute atomic E-state index is 0.292. The Hall–Kier alpha value is -0.0800. The number of nitrogens with two attached hydrogens (primary N) is 1. The molecule has 3 fully saturated rings. The van der Waals surface area contributed by atoms with Crippen LogP contribution in [0.3, 0.4) is 0 Å². The van der Waals surface area contributed by atoms with E-state index in [4.69, 9.17) is 10.5 Å². The van der Waals surface area contributed by atoms with Crippen molar-refractivity contribution in [3.8, 4) is 0 Å². The van der Waals surface area contributed by atoms with Gasteiger partial charge in [0.25, 0.3) is 0 Å². The first-order valence-electron chi connectivity index (χ1n) is 9.57. The Bertz CT molecular complexity index is 326. The van der Waals surface area contributed by atoms with E-state index in [9.17, 15) is 0 Å². The molecular weight excluding hydrogens is 258 g/mol. The van der Waals surface area contributed by atoms with Gasteiger partial charge in [-0.2, -0.15) is 0 Å². The van der Waals surface area contributed by atoms with Crippen LogP contribution in [-0.2, 0) is 4.74 Å². The Morgan fingerprint density at radius 2 is 1.71 bits per heavy atom. The highest BCUT2D eigenvalue weighted by atomic mass is 16.5. The molecule has 2 heteroatoms. The molecule has 2 N–H and O–H groups in total. The molecule has 1 aliphatic heterocycles.